The summed E-state index contributed by atoms with van der Waals surface area (Å²) in [4.78, 5) is 8.10. The van der Waals surface area contributed by atoms with E-state index in [9.17, 15) is 4.39 Å². The van der Waals surface area contributed by atoms with Crippen molar-refractivity contribution in [1.82, 2.24) is 15.5 Å². The Hall–Kier alpha value is -2.43. The lowest BCUT2D eigenvalue weighted by Crippen LogP contribution is -2.42. The van der Waals surface area contributed by atoms with Crippen molar-refractivity contribution >= 4 is 17.3 Å². The standard InChI is InChI=1S/C20H24FN5S/c1-23-20(24-13-16-7-6-15(12-22)11-17(16)21)25-14-18(19-5-4-10-27-19)26-8-2-3-9-26/h4-7,10-11,18H,2-3,8-9,13-14H2,1H3,(H2,23,24,25). The van der Waals surface area contributed by atoms with Crippen LogP contribution < -0.4 is 10.6 Å². The molecule has 142 valence electrons. The number of nitrogens with zero attached hydrogens (tertiary/aromatic N) is 3. The van der Waals surface area contributed by atoms with Gasteiger partial charge in [-0.25, -0.2) is 4.39 Å². The minimum Gasteiger partial charge on any atom is -0.354 e. The van der Waals surface area contributed by atoms with Gasteiger partial charge in [-0.2, -0.15) is 5.26 Å². The Balaban J connectivity index is 1.58. The topological polar surface area (TPSA) is 63.5 Å². The summed E-state index contributed by atoms with van der Waals surface area (Å²) in [6.45, 7) is 3.29. The van der Waals surface area contributed by atoms with Crippen LogP contribution >= 0.6 is 11.3 Å². The number of hydrogen-bond acceptors (Lipinski definition) is 4. The van der Waals surface area contributed by atoms with Crippen molar-refractivity contribution in [2.75, 3.05) is 26.7 Å². The first kappa shape index (κ1) is 19.3. The van der Waals surface area contributed by atoms with Gasteiger partial charge in [0.15, 0.2) is 5.96 Å². The van der Waals surface area contributed by atoms with Gasteiger partial charge in [0.2, 0.25) is 0 Å². The van der Waals surface area contributed by atoms with Crippen LogP contribution in [-0.2, 0) is 6.54 Å². The van der Waals surface area contributed by atoms with E-state index in [2.05, 4.69) is 38.0 Å². The Morgan fingerprint density at radius 1 is 1.33 bits per heavy atom. The summed E-state index contributed by atoms with van der Waals surface area (Å²) >= 11 is 1.77. The summed E-state index contributed by atoms with van der Waals surface area (Å²) < 4.78 is 14.0. The van der Waals surface area contributed by atoms with Gasteiger partial charge in [-0.3, -0.25) is 9.89 Å². The van der Waals surface area contributed by atoms with E-state index in [0.29, 0.717) is 29.7 Å². The lowest BCUT2D eigenvalue weighted by atomic mass is 10.1. The summed E-state index contributed by atoms with van der Waals surface area (Å²) in [6.07, 6.45) is 2.49. The second-order valence-corrected chi connectivity index (χ2v) is 7.48. The first-order valence-corrected chi connectivity index (χ1v) is 9.99. The Labute approximate surface area is 163 Å². The van der Waals surface area contributed by atoms with E-state index in [-0.39, 0.29) is 5.82 Å². The molecule has 2 aromatic rings. The van der Waals surface area contributed by atoms with Gasteiger partial charge in [0.05, 0.1) is 17.7 Å². The van der Waals surface area contributed by atoms with Crippen molar-refractivity contribution in [1.29, 1.82) is 5.26 Å². The highest BCUT2D eigenvalue weighted by Crippen LogP contribution is 2.27. The average molecular weight is 386 g/mol. The van der Waals surface area contributed by atoms with Gasteiger partial charge >= 0.3 is 0 Å². The SMILES string of the molecule is CN=C(NCc1ccc(C#N)cc1F)NCC(c1cccs1)N1CCCC1. The Morgan fingerprint density at radius 2 is 2.15 bits per heavy atom. The van der Waals surface area contributed by atoms with E-state index in [0.717, 1.165) is 19.6 Å². The number of likely N-dealkylation sites (tertiary alicyclic amines) is 1. The molecular formula is C20H24FN5S. The van der Waals surface area contributed by atoms with Crippen molar-refractivity contribution in [3.05, 3.63) is 57.5 Å². The van der Waals surface area contributed by atoms with Crippen molar-refractivity contribution in [3.8, 4) is 6.07 Å². The zero-order valence-electron chi connectivity index (χ0n) is 15.4. The number of guanidine groups is 1. The molecule has 0 saturated carbocycles. The molecule has 1 aliphatic heterocycles. The first-order valence-electron chi connectivity index (χ1n) is 9.11. The van der Waals surface area contributed by atoms with Gasteiger partial charge in [0.25, 0.3) is 0 Å². The Bertz CT molecular complexity index is 806. The summed E-state index contributed by atoms with van der Waals surface area (Å²) in [5, 5.41) is 17.5. The highest BCUT2D eigenvalue weighted by Gasteiger charge is 2.24. The third kappa shape index (κ3) is 5.06. The maximum Gasteiger partial charge on any atom is 0.191 e. The molecule has 0 bridgehead atoms. The normalized spacial score (nSPS) is 16.1. The molecule has 5 nitrogen and oxygen atoms in total. The number of nitrogens with one attached hydrogen (secondary N) is 2. The second-order valence-electron chi connectivity index (χ2n) is 6.50. The van der Waals surface area contributed by atoms with E-state index >= 15 is 0 Å². The molecule has 0 radical (unpaired) electrons. The largest absolute Gasteiger partial charge is 0.354 e. The van der Waals surface area contributed by atoms with Gasteiger partial charge in [-0.15, -0.1) is 11.3 Å². The van der Waals surface area contributed by atoms with E-state index in [4.69, 9.17) is 5.26 Å². The summed E-state index contributed by atoms with van der Waals surface area (Å²) in [6, 6.07) is 11.0. The number of hydrogen-bond donors (Lipinski definition) is 2. The van der Waals surface area contributed by atoms with Crippen LogP contribution in [0, 0.1) is 17.1 Å². The van der Waals surface area contributed by atoms with Crippen LogP contribution in [0.2, 0.25) is 0 Å². The van der Waals surface area contributed by atoms with E-state index in [1.807, 2.05) is 6.07 Å². The Kier molecular flexibility index (Phi) is 6.80. The molecular weight excluding hydrogens is 361 g/mol. The van der Waals surface area contributed by atoms with Crippen molar-refractivity contribution in [2.45, 2.75) is 25.4 Å². The van der Waals surface area contributed by atoms with E-state index < -0.39 is 0 Å². The number of rotatable bonds is 6. The fourth-order valence-electron chi connectivity index (χ4n) is 3.30. The molecule has 1 aromatic carbocycles. The van der Waals surface area contributed by atoms with Crippen LogP contribution in [-0.4, -0.2) is 37.5 Å². The average Bonchev–Trinajstić information content (AvgIpc) is 3.39. The fraction of sp³-hybridized carbons (Fsp3) is 0.400. The predicted octanol–water partition coefficient (Wildman–Crippen LogP) is 3.26. The van der Waals surface area contributed by atoms with Gasteiger partial charge in [0, 0.05) is 30.6 Å². The Morgan fingerprint density at radius 3 is 2.78 bits per heavy atom. The van der Waals surface area contributed by atoms with Crippen molar-refractivity contribution in [2.24, 2.45) is 4.99 Å². The maximum atomic E-state index is 14.0. The zero-order chi connectivity index (χ0) is 19.1. The summed E-state index contributed by atoms with van der Waals surface area (Å²) in [5.74, 6) is 0.255. The van der Waals surface area contributed by atoms with Crippen molar-refractivity contribution < 1.29 is 4.39 Å². The molecule has 0 spiro atoms. The molecule has 7 heteroatoms. The minimum atomic E-state index is -0.384. The third-order valence-electron chi connectivity index (χ3n) is 4.77. The van der Waals surface area contributed by atoms with E-state index in [1.54, 1.807) is 30.5 Å². The van der Waals surface area contributed by atoms with E-state index in [1.165, 1.54) is 23.8 Å². The van der Waals surface area contributed by atoms with Crippen LogP contribution in [0.4, 0.5) is 4.39 Å². The number of thiophene rings is 1. The predicted molar refractivity (Wildman–Crippen MR) is 107 cm³/mol. The second kappa shape index (κ2) is 9.49. The molecule has 2 heterocycles. The highest BCUT2D eigenvalue weighted by atomic mass is 32.1. The third-order valence-corrected chi connectivity index (χ3v) is 5.74. The molecule has 0 amide bonds. The van der Waals surface area contributed by atoms with Crippen LogP contribution in [0.25, 0.3) is 0 Å². The van der Waals surface area contributed by atoms with Gasteiger partial charge in [-0.05, 0) is 49.5 Å². The summed E-state index contributed by atoms with van der Waals surface area (Å²) in [7, 11) is 1.71. The monoisotopic (exact) mass is 385 g/mol. The first-order chi connectivity index (χ1) is 13.2. The fourth-order valence-corrected chi connectivity index (χ4v) is 4.16. The van der Waals surface area contributed by atoms with Gasteiger partial charge < -0.3 is 10.6 Å². The molecule has 0 aliphatic carbocycles. The number of aliphatic imine (C=N–C) groups is 1. The van der Waals surface area contributed by atoms with Gasteiger partial charge in [-0.1, -0.05) is 12.1 Å². The van der Waals surface area contributed by atoms with Crippen LogP contribution in [0.3, 0.4) is 0 Å². The molecule has 1 saturated heterocycles. The maximum absolute atomic E-state index is 14.0. The molecule has 1 unspecified atom stereocenters. The lowest BCUT2D eigenvalue weighted by Gasteiger charge is -2.27. The number of halogens is 1. The highest BCUT2D eigenvalue weighted by molar-refractivity contribution is 7.10. The molecule has 3 rings (SSSR count). The molecule has 27 heavy (non-hydrogen) atoms. The van der Waals surface area contributed by atoms with Crippen LogP contribution in [0.1, 0.15) is 34.9 Å². The smallest absolute Gasteiger partial charge is 0.191 e. The van der Waals surface area contributed by atoms with Gasteiger partial charge in [0.1, 0.15) is 5.82 Å². The number of benzene rings is 1. The molecule has 1 aromatic heterocycles. The molecule has 1 atom stereocenters. The molecule has 2 N–H and O–H groups in total. The quantitative estimate of drug-likeness (QED) is 0.592. The van der Waals surface area contributed by atoms with Crippen molar-refractivity contribution in [3.63, 3.8) is 0 Å². The molecule has 1 aliphatic rings. The minimum absolute atomic E-state index is 0.310. The van der Waals surface area contributed by atoms with Crippen LogP contribution in [0.5, 0.6) is 0 Å². The summed E-state index contributed by atoms with van der Waals surface area (Å²) in [5.41, 5.74) is 0.828. The molecule has 1 fully saturated rings. The number of nitriles is 1. The zero-order valence-corrected chi connectivity index (χ0v) is 16.2. The lowest BCUT2D eigenvalue weighted by molar-refractivity contribution is 0.249. The van der Waals surface area contributed by atoms with Crippen LogP contribution in [0.15, 0.2) is 40.7 Å².